The molecule has 2 aliphatic heterocycles. The number of nitrogens with zero attached hydrogens (tertiary/aromatic N) is 3. The summed E-state index contributed by atoms with van der Waals surface area (Å²) in [7, 11) is 1.77. The monoisotopic (exact) mass is 420 g/mol. The number of imide groups is 1. The summed E-state index contributed by atoms with van der Waals surface area (Å²) in [6.07, 6.45) is 2.10. The Morgan fingerprint density at radius 2 is 2.07 bits per heavy atom. The molecular formula is C20H22F2N4O4. The molecule has 0 radical (unpaired) electrons. The van der Waals surface area contributed by atoms with Crippen molar-refractivity contribution in [3.05, 3.63) is 30.0 Å². The van der Waals surface area contributed by atoms with Gasteiger partial charge in [-0.3, -0.25) is 24.7 Å². The van der Waals surface area contributed by atoms with Crippen LogP contribution < -0.4 is 10.2 Å². The normalized spacial score (nSPS) is 22.4. The number of rotatable bonds is 4. The molecule has 0 bridgehead atoms. The first-order valence-electron chi connectivity index (χ1n) is 9.68. The second-order valence-corrected chi connectivity index (χ2v) is 7.86. The highest BCUT2D eigenvalue weighted by molar-refractivity contribution is 6.10. The molecule has 10 heteroatoms. The number of carboxylic acids is 1. The van der Waals surface area contributed by atoms with Gasteiger partial charge >= 0.3 is 12.0 Å². The maximum absolute atomic E-state index is 14.8. The van der Waals surface area contributed by atoms with Gasteiger partial charge in [0.15, 0.2) is 0 Å². The van der Waals surface area contributed by atoms with Crippen LogP contribution in [0, 0.1) is 0 Å². The zero-order valence-electron chi connectivity index (χ0n) is 16.4. The topological polar surface area (TPSA) is 94.9 Å². The number of halogens is 2. The molecule has 30 heavy (non-hydrogen) atoms. The molecule has 2 saturated heterocycles. The quantitative estimate of drug-likeness (QED) is 0.790. The van der Waals surface area contributed by atoms with Crippen molar-refractivity contribution in [2.24, 2.45) is 7.05 Å². The number of piperidine rings is 1. The maximum atomic E-state index is 14.8. The zero-order chi connectivity index (χ0) is 21.6. The third-order valence-electron chi connectivity index (χ3n) is 5.78. The van der Waals surface area contributed by atoms with E-state index in [1.54, 1.807) is 36.0 Å². The van der Waals surface area contributed by atoms with E-state index >= 15 is 0 Å². The molecule has 3 heterocycles. The Balaban J connectivity index is 1.63. The Bertz CT molecular complexity index is 1040. The summed E-state index contributed by atoms with van der Waals surface area (Å²) >= 11 is 0. The van der Waals surface area contributed by atoms with Gasteiger partial charge in [-0.05, 0) is 24.6 Å². The lowest BCUT2D eigenvalue weighted by Gasteiger charge is -2.38. The van der Waals surface area contributed by atoms with Crippen LogP contribution in [-0.4, -0.2) is 64.6 Å². The lowest BCUT2D eigenvalue weighted by Crippen LogP contribution is -2.49. The van der Waals surface area contributed by atoms with Crippen molar-refractivity contribution in [3.63, 3.8) is 0 Å². The first-order valence-corrected chi connectivity index (χ1v) is 9.68. The van der Waals surface area contributed by atoms with E-state index in [-0.39, 0.29) is 31.8 Å². The van der Waals surface area contributed by atoms with Crippen LogP contribution in [0.4, 0.5) is 19.3 Å². The van der Waals surface area contributed by atoms with Crippen molar-refractivity contribution in [3.8, 4) is 0 Å². The molecule has 1 unspecified atom stereocenters. The smallest absolute Gasteiger partial charge is 0.328 e. The highest BCUT2D eigenvalue weighted by Crippen LogP contribution is 2.42. The average molecular weight is 420 g/mol. The van der Waals surface area contributed by atoms with Crippen molar-refractivity contribution in [1.82, 2.24) is 14.8 Å². The van der Waals surface area contributed by atoms with Crippen molar-refractivity contribution >= 4 is 34.5 Å². The Morgan fingerprint density at radius 3 is 2.73 bits per heavy atom. The number of aliphatic carboxylic acids is 1. The van der Waals surface area contributed by atoms with Gasteiger partial charge < -0.3 is 9.67 Å². The predicted molar refractivity (Wildman–Crippen MR) is 105 cm³/mol. The molecule has 0 spiro atoms. The van der Waals surface area contributed by atoms with Crippen LogP contribution in [0.1, 0.15) is 24.3 Å². The van der Waals surface area contributed by atoms with Gasteiger partial charge in [0.25, 0.3) is 5.92 Å². The summed E-state index contributed by atoms with van der Waals surface area (Å²) < 4.78 is 31.4. The number of benzene rings is 1. The number of urea groups is 1. The van der Waals surface area contributed by atoms with E-state index in [4.69, 9.17) is 5.11 Å². The van der Waals surface area contributed by atoms with Gasteiger partial charge in [0.05, 0.1) is 30.2 Å². The van der Waals surface area contributed by atoms with Crippen LogP contribution in [0.15, 0.2) is 24.4 Å². The van der Waals surface area contributed by atoms with Gasteiger partial charge in [-0.1, -0.05) is 12.1 Å². The van der Waals surface area contributed by atoms with Gasteiger partial charge in [0.2, 0.25) is 5.91 Å². The fourth-order valence-corrected chi connectivity index (χ4v) is 4.35. The fourth-order valence-electron chi connectivity index (χ4n) is 4.35. The lowest BCUT2D eigenvalue weighted by atomic mass is 9.85. The van der Waals surface area contributed by atoms with Gasteiger partial charge in [-0.25, -0.2) is 13.6 Å². The second kappa shape index (κ2) is 7.35. The van der Waals surface area contributed by atoms with Gasteiger partial charge in [0.1, 0.15) is 0 Å². The number of aryl methyl sites for hydroxylation is 1. The Morgan fingerprint density at radius 1 is 1.30 bits per heavy atom. The number of nitrogens with one attached hydrogen (secondary N) is 1. The molecule has 2 aliphatic rings. The molecule has 2 fully saturated rings. The van der Waals surface area contributed by atoms with Crippen molar-refractivity contribution in [2.75, 3.05) is 31.1 Å². The van der Waals surface area contributed by atoms with Crippen molar-refractivity contribution in [2.45, 2.75) is 24.7 Å². The highest BCUT2D eigenvalue weighted by atomic mass is 19.3. The highest BCUT2D eigenvalue weighted by Gasteiger charge is 2.45. The van der Waals surface area contributed by atoms with E-state index in [1.165, 1.54) is 9.80 Å². The molecular weight excluding hydrogens is 398 g/mol. The Hall–Kier alpha value is -3.01. The van der Waals surface area contributed by atoms with Crippen LogP contribution in [-0.2, 0) is 16.6 Å². The van der Waals surface area contributed by atoms with Crippen LogP contribution >= 0.6 is 0 Å². The summed E-state index contributed by atoms with van der Waals surface area (Å²) in [5.41, 5.74) is 1.80. The standard InChI is InChI=1S/C20H22F2N4O4/c1-24-9-16(26-7-5-17(27)23-19(26)30)13-3-2-12(8-15(13)24)14-4-6-25(10-18(28)29)11-20(14,21)22/h2-3,8-9,14H,4-7,10-11H2,1H3,(H,28,29)(H,23,27,30). The minimum Gasteiger partial charge on any atom is -0.480 e. The largest absolute Gasteiger partial charge is 0.480 e. The molecule has 160 valence electrons. The lowest BCUT2D eigenvalue weighted by molar-refractivity contribution is -0.142. The zero-order valence-corrected chi connectivity index (χ0v) is 16.4. The minimum absolute atomic E-state index is 0.152. The third kappa shape index (κ3) is 3.62. The molecule has 1 aromatic heterocycles. The molecule has 4 rings (SSSR count). The summed E-state index contributed by atoms with van der Waals surface area (Å²) in [5, 5.41) is 11.9. The van der Waals surface area contributed by atoms with E-state index in [0.717, 1.165) is 5.39 Å². The number of alkyl halides is 2. The molecule has 0 aliphatic carbocycles. The SMILES string of the molecule is Cn1cc(N2CCC(=O)NC2=O)c2ccc(C3CCN(CC(=O)O)CC3(F)F)cc21. The molecule has 2 N–H and O–H groups in total. The van der Waals surface area contributed by atoms with Crippen molar-refractivity contribution in [1.29, 1.82) is 0 Å². The summed E-state index contributed by atoms with van der Waals surface area (Å²) in [5.74, 6) is -5.51. The summed E-state index contributed by atoms with van der Waals surface area (Å²) in [6.45, 7) is -0.456. The number of carboxylic acid groups (broad SMARTS) is 1. The molecule has 2 aromatic rings. The predicted octanol–water partition coefficient (Wildman–Crippen LogP) is 2.13. The summed E-state index contributed by atoms with van der Waals surface area (Å²) in [4.78, 5) is 37.2. The van der Waals surface area contributed by atoms with Gasteiger partial charge in [-0.2, -0.15) is 0 Å². The first-order chi connectivity index (χ1) is 14.2. The number of likely N-dealkylation sites (tertiary alicyclic amines) is 1. The number of carbonyl (C=O) groups is 3. The average Bonchev–Trinajstić information content (AvgIpc) is 2.96. The fraction of sp³-hybridized carbons (Fsp3) is 0.450. The van der Waals surface area contributed by atoms with E-state index < -0.39 is 36.9 Å². The van der Waals surface area contributed by atoms with Crippen LogP contribution in [0.5, 0.6) is 0 Å². The third-order valence-corrected chi connectivity index (χ3v) is 5.78. The number of fused-ring (bicyclic) bond motifs is 1. The van der Waals surface area contributed by atoms with Gasteiger partial charge in [0, 0.05) is 31.6 Å². The van der Waals surface area contributed by atoms with E-state index in [1.807, 2.05) is 0 Å². The van der Waals surface area contributed by atoms with Gasteiger partial charge in [-0.15, -0.1) is 0 Å². The van der Waals surface area contributed by atoms with Crippen LogP contribution in [0.3, 0.4) is 0 Å². The minimum atomic E-state index is -3.05. The van der Waals surface area contributed by atoms with E-state index in [2.05, 4.69) is 5.32 Å². The summed E-state index contributed by atoms with van der Waals surface area (Å²) in [6, 6.07) is 4.57. The molecule has 3 amide bonds. The molecule has 1 atom stereocenters. The van der Waals surface area contributed by atoms with Crippen molar-refractivity contribution < 1.29 is 28.3 Å². The second-order valence-electron chi connectivity index (χ2n) is 7.86. The number of anilines is 1. The molecule has 1 aromatic carbocycles. The van der Waals surface area contributed by atoms with Crippen LogP contribution in [0.25, 0.3) is 10.9 Å². The number of aromatic nitrogens is 1. The van der Waals surface area contributed by atoms with E-state index in [0.29, 0.717) is 16.8 Å². The molecule has 8 nitrogen and oxygen atoms in total. The number of carbonyl (C=O) groups excluding carboxylic acids is 2. The van der Waals surface area contributed by atoms with Crippen LogP contribution in [0.2, 0.25) is 0 Å². The maximum Gasteiger partial charge on any atom is 0.328 e. The van der Waals surface area contributed by atoms with E-state index in [9.17, 15) is 23.2 Å². The number of hydrogen-bond donors (Lipinski definition) is 2. The Kier molecular flexibility index (Phi) is 4.97. The first kappa shape index (κ1) is 20.3. The number of hydrogen-bond acceptors (Lipinski definition) is 4. The molecule has 0 saturated carbocycles. The Labute approximate surface area is 171 Å². The number of amides is 3.